The Balaban J connectivity index is 0.648. The van der Waals surface area contributed by atoms with Gasteiger partial charge in [0, 0.05) is 104 Å². The molecule has 0 atom stereocenters. The largest absolute Gasteiger partial charge is 0.309 e. The third-order valence-corrected chi connectivity index (χ3v) is 28.6. The fourth-order valence-electron chi connectivity index (χ4n) is 22.2. The number of para-hydroxylation sites is 8. The minimum absolute atomic E-state index is 0.547. The molecule has 7 heterocycles. The summed E-state index contributed by atoms with van der Waals surface area (Å²) < 4.78 is 14.4. The van der Waals surface area contributed by atoms with Gasteiger partial charge in [-0.3, -0.25) is 4.57 Å². The SMILES string of the molecule is c1ccc(-c2ccc(-c3cccc(-c4cc(-c5cccc(-n6c7ccc(-c8ccc9c(c8)c8ccccc8n9-c8ccccc8)cc7c7cc(-c8ccc9c(c8)c8ccccc8n9-c8ccccc8)ccc76)c5)nc(-n5c6ccc(-c7ccc8c(c7)c7ccccc7n8-c7ccccc7)cc6c6cc(-c7ccc8c(c7)c7ccccc7n8-c7ccccc7)ccc65)n4)c3)cc2-c2ccccc2)cc1. The van der Waals surface area contributed by atoms with Crippen LogP contribution in [-0.4, -0.2) is 37.4 Å². The zero-order valence-electron chi connectivity index (χ0n) is 74.9. The molecule has 0 saturated heterocycles. The van der Waals surface area contributed by atoms with Crippen molar-refractivity contribution in [1.29, 1.82) is 0 Å². The molecule has 642 valence electrons. The van der Waals surface area contributed by atoms with E-state index in [0.29, 0.717) is 5.95 Å². The number of fused-ring (bicyclic) bond motifs is 18. The Labute approximate surface area is 794 Å². The van der Waals surface area contributed by atoms with Crippen LogP contribution in [0.15, 0.2) is 497 Å². The van der Waals surface area contributed by atoms with Crippen molar-refractivity contribution in [3.63, 3.8) is 0 Å². The lowest BCUT2D eigenvalue weighted by Gasteiger charge is -2.15. The molecule has 0 spiro atoms. The first-order chi connectivity index (χ1) is 68.4. The summed E-state index contributed by atoms with van der Waals surface area (Å²) in [6, 6.07) is 183. The second-order valence-electron chi connectivity index (χ2n) is 36.3. The molecule has 0 bridgehead atoms. The molecule has 138 heavy (non-hydrogen) atoms. The Morgan fingerprint density at radius 1 is 0.116 bits per heavy atom. The van der Waals surface area contributed by atoms with Crippen LogP contribution in [0.25, 0.3) is 266 Å². The van der Waals surface area contributed by atoms with E-state index in [-0.39, 0.29) is 0 Å². The van der Waals surface area contributed by atoms with E-state index >= 15 is 0 Å². The number of aromatic nitrogens is 8. The Hall–Kier alpha value is -18.5. The first kappa shape index (κ1) is 78.2. The molecule has 0 radical (unpaired) electrons. The molecule has 0 amide bonds. The topological polar surface area (TPSA) is 55.4 Å². The van der Waals surface area contributed by atoms with Gasteiger partial charge in [-0.1, -0.05) is 297 Å². The molecule has 21 aromatic carbocycles. The number of rotatable bonds is 15. The van der Waals surface area contributed by atoms with Crippen molar-refractivity contribution >= 4 is 131 Å². The highest BCUT2D eigenvalue weighted by atomic mass is 15.2. The molecule has 0 unspecified atom stereocenters. The van der Waals surface area contributed by atoms with Crippen molar-refractivity contribution in [2.45, 2.75) is 0 Å². The Kier molecular flexibility index (Phi) is 17.9. The smallest absolute Gasteiger partial charge is 0.235 e. The molecule has 0 saturated carbocycles. The third-order valence-electron chi connectivity index (χ3n) is 28.6. The van der Waals surface area contributed by atoms with E-state index in [2.05, 4.69) is 525 Å². The van der Waals surface area contributed by atoms with Gasteiger partial charge in [0.2, 0.25) is 5.95 Å². The number of benzene rings is 21. The predicted octanol–water partition coefficient (Wildman–Crippen LogP) is 34.1. The molecule has 8 nitrogen and oxygen atoms in total. The lowest BCUT2D eigenvalue weighted by molar-refractivity contribution is 0.995. The van der Waals surface area contributed by atoms with Crippen molar-refractivity contribution < 1.29 is 0 Å². The van der Waals surface area contributed by atoms with Crippen molar-refractivity contribution in [3.05, 3.63) is 497 Å². The molecule has 0 fully saturated rings. The average molecular weight is 1760 g/mol. The molecule has 28 rings (SSSR count). The van der Waals surface area contributed by atoms with Crippen LogP contribution >= 0.6 is 0 Å². The van der Waals surface area contributed by atoms with E-state index in [1.54, 1.807) is 0 Å². The molecule has 0 aliphatic carbocycles. The van der Waals surface area contributed by atoms with Crippen LogP contribution in [0.2, 0.25) is 0 Å². The predicted molar refractivity (Wildman–Crippen MR) is 577 cm³/mol. The van der Waals surface area contributed by atoms with Crippen LogP contribution in [0.5, 0.6) is 0 Å². The summed E-state index contributed by atoms with van der Waals surface area (Å²) in [6.45, 7) is 0. The van der Waals surface area contributed by atoms with E-state index in [1.807, 2.05) is 0 Å². The highest BCUT2D eigenvalue weighted by Gasteiger charge is 2.26. The number of hydrogen-bond donors (Lipinski definition) is 0. The first-order valence-corrected chi connectivity index (χ1v) is 47.3. The van der Waals surface area contributed by atoms with E-state index in [0.717, 1.165) is 172 Å². The van der Waals surface area contributed by atoms with Gasteiger partial charge in [-0.15, -0.1) is 0 Å². The van der Waals surface area contributed by atoms with Gasteiger partial charge < -0.3 is 22.8 Å². The molecule has 0 N–H and O–H groups in total. The van der Waals surface area contributed by atoms with Crippen LogP contribution in [0, 0.1) is 0 Å². The fraction of sp³-hybridized carbons (Fsp3) is 0. The summed E-state index contributed by atoms with van der Waals surface area (Å²) in [5.41, 5.74) is 38.2. The summed E-state index contributed by atoms with van der Waals surface area (Å²) >= 11 is 0. The maximum Gasteiger partial charge on any atom is 0.235 e. The van der Waals surface area contributed by atoms with Crippen LogP contribution < -0.4 is 0 Å². The summed E-state index contributed by atoms with van der Waals surface area (Å²) in [7, 11) is 0. The summed E-state index contributed by atoms with van der Waals surface area (Å²) in [5, 5.41) is 14.1. The molecular weight excluding hydrogens is 1670 g/mol. The monoisotopic (exact) mass is 1750 g/mol. The van der Waals surface area contributed by atoms with Gasteiger partial charge in [0.1, 0.15) is 0 Å². The zero-order chi connectivity index (χ0) is 90.6. The van der Waals surface area contributed by atoms with Gasteiger partial charge in [-0.2, -0.15) is 0 Å². The van der Waals surface area contributed by atoms with Crippen molar-refractivity contribution in [1.82, 2.24) is 37.4 Å². The maximum atomic E-state index is 5.97. The Morgan fingerprint density at radius 2 is 0.333 bits per heavy atom. The van der Waals surface area contributed by atoms with Gasteiger partial charge in [0.05, 0.1) is 77.6 Å². The van der Waals surface area contributed by atoms with Crippen LogP contribution in [0.3, 0.4) is 0 Å². The normalized spacial score (nSPS) is 11.9. The van der Waals surface area contributed by atoms with Crippen LogP contribution in [-0.2, 0) is 0 Å². The standard InChI is InChI=1S/C130H82N8/c1-7-29-83(30-8-1)102-62-53-86(73-107(102)84-31-9-2-10-32-84)85-33-27-34-95(71-85)116-82-117(132-130(131-116)138-128-69-60-93(89-56-65-124-110(76-89)105-47-21-25-51-120(105)135(124)99-40-15-5-16-41-99)80-114(128)115-81-94(61-70-129(115)138)90-57-66-125-111(77-90)106-48-22-26-52-121(106)136(125)100-42-17-6-18-43-100)96-35-28-44-101(72-96)137-126-67-58-91(87-54-63-122-108(74-87)103-45-19-23-49-118(103)133(122)97-36-11-3-12-37-97)78-112(126)113-79-92(59-68-127(113)137)88-55-64-123-109(75-88)104-46-20-24-50-119(104)134(123)98-38-13-4-14-39-98/h1-82H. The molecule has 8 heteroatoms. The number of nitrogens with zero attached hydrogens (tertiary/aromatic N) is 8. The second-order valence-corrected chi connectivity index (χ2v) is 36.3. The molecular formula is C130H82N8. The molecule has 28 aromatic rings. The van der Waals surface area contributed by atoms with E-state index in [4.69, 9.17) is 9.97 Å². The summed E-state index contributed by atoms with van der Waals surface area (Å²) in [6.07, 6.45) is 0. The highest BCUT2D eigenvalue weighted by Crippen LogP contribution is 2.48. The highest BCUT2D eigenvalue weighted by molar-refractivity contribution is 6.18. The Bertz CT molecular complexity index is 9390. The van der Waals surface area contributed by atoms with Crippen molar-refractivity contribution in [2.24, 2.45) is 0 Å². The molecule has 7 aromatic heterocycles. The van der Waals surface area contributed by atoms with Crippen LogP contribution in [0.1, 0.15) is 0 Å². The number of hydrogen-bond acceptors (Lipinski definition) is 2. The second kappa shape index (κ2) is 31.6. The molecule has 0 aliphatic heterocycles. The van der Waals surface area contributed by atoms with Gasteiger partial charge in [-0.05, 0) is 278 Å². The average Bonchev–Trinajstić information content (AvgIpc) is 1.57. The minimum atomic E-state index is 0.547. The van der Waals surface area contributed by atoms with Gasteiger partial charge in [-0.25, -0.2) is 9.97 Å². The van der Waals surface area contributed by atoms with Crippen molar-refractivity contribution in [3.8, 4) is 135 Å². The first-order valence-electron chi connectivity index (χ1n) is 47.3. The van der Waals surface area contributed by atoms with E-state index in [1.165, 1.54) is 87.3 Å². The third kappa shape index (κ3) is 12.7. The van der Waals surface area contributed by atoms with Crippen molar-refractivity contribution in [2.75, 3.05) is 0 Å². The lowest BCUT2D eigenvalue weighted by Crippen LogP contribution is -2.04. The lowest BCUT2D eigenvalue weighted by atomic mass is 9.90. The zero-order valence-corrected chi connectivity index (χ0v) is 74.9. The van der Waals surface area contributed by atoms with Gasteiger partial charge in [0.25, 0.3) is 0 Å². The van der Waals surface area contributed by atoms with Gasteiger partial charge in [0.15, 0.2) is 0 Å². The quantitative estimate of drug-likeness (QED) is 0.103. The summed E-state index contributed by atoms with van der Waals surface area (Å²) in [5.74, 6) is 0.547. The van der Waals surface area contributed by atoms with Crippen LogP contribution in [0.4, 0.5) is 0 Å². The van der Waals surface area contributed by atoms with E-state index in [9.17, 15) is 0 Å². The van der Waals surface area contributed by atoms with Gasteiger partial charge >= 0.3 is 0 Å². The minimum Gasteiger partial charge on any atom is -0.309 e. The van der Waals surface area contributed by atoms with E-state index < -0.39 is 0 Å². The molecule has 0 aliphatic rings. The maximum absolute atomic E-state index is 5.97. The fourth-order valence-corrected chi connectivity index (χ4v) is 22.2. The Morgan fingerprint density at radius 3 is 0.667 bits per heavy atom. The summed E-state index contributed by atoms with van der Waals surface area (Å²) in [4.78, 5) is 11.9.